The molecule has 1 fully saturated rings. The number of nitrogens with one attached hydrogen (secondary N) is 2. The maximum Gasteiger partial charge on any atom is 0.317 e. The van der Waals surface area contributed by atoms with Crippen molar-refractivity contribution in [1.29, 1.82) is 0 Å². The van der Waals surface area contributed by atoms with E-state index in [1.54, 1.807) is 7.11 Å². The van der Waals surface area contributed by atoms with E-state index in [0.29, 0.717) is 19.7 Å². The van der Waals surface area contributed by atoms with Gasteiger partial charge < -0.3 is 19.9 Å². The Balaban J connectivity index is 1.51. The molecule has 0 atom stereocenters. The number of aromatic nitrogens is 3. The number of hydrogen-bond acceptors (Lipinski definition) is 5. The summed E-state index contributed by atoms with van der Waals surface area (Å²) >= 11 is 0. The van der Waals surface area contributed by atoms with Gasteiger partial charge in [-0.1, -0.05) is 0 Å². The molecule has 1 saturated heterocycles. The number of methoxy groups -OCH3 is 1. The predicted octanol–water partition coefficient (Wildman–Crippen LogP) is 1.68. The highest BCUT2D eigenvalue weighted by molar-refractivity contribution is 5.74. The summed E-state index contributed by atoms with van der Waals surface area (Å²) in [5.74, 6) is 0. The maximum atomic E-state index is 12.5. The van der Waals surface area contributed by atoms with Crippen LogP contribution in [0.4, 0.5) is 10.5 Å². The predicted molar refractivity (Wildman–Crippen MR) is 98.9 cm³/mol. The number of urea groups is 1. The number of amides is 2. The number of nitrogens with zero attached hydrogens (tertiary/aromatic N) is 4. The van der Waals surface area contributed by atoms with Crippen molar-refractivity contribution in [3.63, 3.8) is 0 Å². The fraction of sp³-hybridized carbons (Fsp3) is 0.500. The minimum absolute atomic E-state index is 0.0406. The van der Waals surface area contributed by atoms with E-state index < -0.39 is 0 Å². The van der Waals surface area contributed by atoms with Gasteiger partial charge in [0.15, 0.2) is 0 Å². The molecule has 0 spiro atoms. The lowest BCUT2D eigenvalue weighted by Gasteiger charge is -2.25. The summed E-state index contributed by atoms with van der Waals surface area (Å²) in [6.45, 7) is 6.17. The first-order valence-electron chi connectivity index (χ1n) is 8.88. The molecule has 3 heterocycles. The van der Waals surface area contributed by atoms with Gasteiger partial charge in [0, 0.05) is 51.4 Å². The molecule has 0 radical (unpaired) electrons. The van der Waals surface area contributed by atoms with Gasteiger partial charge in [-0.15, -0.1) is 0 Å². The number of ether oxygens (including phenoxy) is 1. The van der Waals surface area contributed by atoms with Gasteiger partial charge in [0.05, 0.1) is 24.5 Å². The van der Waals surface area contributed by atoms with Crippen molar-refractivity contribution in [3.8, 4) is 0 Å². The summed E-state index contributed by atoms with van der Waals surface area (Å²) in [5.41, 5.74) is 4.06. The maximum absolute atomic E-state index is 12.5. The number of anilines is 1. The summed E-state index contributed by atoms with van der Waals surface area (Å²) in [6.07, 6.45) is 4.64. The number of carbonyl (C=O) groups is 1. The average molecular weight is 358 g/mol. The van der Waals surface area contributed by atoms with Gasteiger partial charge in [0.1, 0.15) is 0 Å². The molecular weight excluding hydrogens is 332 g/mol. The van der Waals surface area contributed by atoms with Gasteiger partial charge in [-0.3, -0.25) is 10.1 Å². The standard InChI is InChI=1S/C18H26N6O2/c1-14-11-19-5-4-17(14)23-6-3-7-24(9-8-23)18(25)20-12-15-10-16(13-26-2)22-21-15/h4-5,10-11H,3,6-9,12-13H2,1-2H3,(H,20,25)(H,21,22). The molecule has 2 aromatic heterocycles. The summed E-state index contributed by atoms with van der Waals surface area (Å²) in [4.78, 5) is 20.9. The van der Waals surface area contributed by atoms with Crippen LogP contribution in [0.5, 0.6) is 0 Å². The second kappa shape index (κ2) is 8.66. The van der Waals surface area contributed by atoms with E-state index in [9.17, 15) is 4.79 Å². The van der Waals surface area contributed by atoms with Crippen LogP contribution in [0.1, 0.15) is 23.4 Å². The quantitative estimate of drug-likeness (QED) is 0.849. The molecule has 2 amide bonds. The van der Waals surface area contributed by atoms with Gasteiger partial charge in [-0.25, -0.2) is 4.79 Å². The second-order valence-electron chi connectivity index (χ2n) is 6.47. The number of hydrogen-bond donors (Lipinski definition) is 2. The zero-order chi connectivity index (χ0) is 18.4. The number of aryl methyl sites for hydroxylation is 1. The Morgan fingerprint density at radius 2 is 2.23 bits per heavy atom. The van der Waals surface area contributed by atoms with Crippen LogP contribution in [0, 0.1) is 6.92 Å². The van der Waals surface area contributed by atoms with E-state index in [-0.39, 0.29) is 6.03 Å². The fourth-order valence-corrected chi connectivity index (χ4v) is 3.19. The monoisotopic (exact) mass is 358 g/mol. The molecule has 26 heavy (non-hydrogen) atoms. The van der Waals surface area contributed by atoms with E-state index in [0.717, 1.165) is 43.0 Å². The van der Waals surface area contributed by atoms with Gasteiger partial charge >= 0.3 is 6.03 Å². The van der Waals surface area contributed by atoms with Crippen molar-refractivity contribution in [2.24, 2.45) is 0 Å². The van der Waals surface area contributed by atoms with Crippen LogP contribution in [0.15, 0.2) is 24.5 Å². The minimum atomic E-state index is -0.0406. The lowest BCUT2D eigenvalue weighted by Crippen LogP contribution is -2.41. The van der Waals surface area contributed by atoms with Crippen LogP contribution in [0.2, 0.25) is 0 Å². The molecule has 1 aliphatic rings. The third-order valence-corrected chi connectivity index (χ3v) is 4.52. The van der Waals surface area contributed by atoms with E-state index >= 15 is 0 Å². The highest BCUT2D eigenvalue weighted by Gasteiger charge is 2.20. The van der Waals surface area contributed by atoms with Crippen LogP contribution in [-0.2, 0) is 17.9 Å². The Kier molecular flexibility index (Phi) is 6.06. The number of pyridine rings is 1. The van der Waals surface area contributed by atoms with Crippen molar-refractivity contribution in [2.75, 3.05) is 38.2 Å². The van der Waals surface area contributed by atoms with Crippen molar-refractivity contribution in [1.82, 2.24) is 25.4 Å². The van der Waals surface area contributed by atoms with Gasteiger partial charge in [0.2, 0.25) is 0 Å². The largest absolute Gasteiger partial charge is 0.378 e. The van der Waals surface area contributed by atoms with E-state index in [1.165, 1.54) is 5.69 Å². The van der Waals surface area contributed by atoms with E-state index in [1.807, 2.05) is 29.4 Å². The van der Waals surface area contributed by atoms with Crippen molar-refractivity contribution >= 4 is 11.7 Å². The molecule has 8 heteroatoms. The number of H-pyrrole nitrogens is 1. The lowest BCUT2D eigenvalue weighted by atomic mass is 10.2. The summed E-state index contributed by atoms with van der Waals surface area (Å²) in [7, 11) is 1.63. The Hall–Kier alpha value is -2.61. The smallest absolute Gasteiger partial charge is 0.317 e. The second-order valence-corrected chi connectivity index (χ2v) is 6.47. The minimum Gasteiger partial charge on any atom is -0.378 e. The van der Waals surface area contributed by atoms with Crippen LogP contribution in [0.3, 0.4) is 0 Å². The molecule has 1 aliphatic heterocycles. The van der Waals surface area contributed by atoms with Crippen molar-refractivity contribution < 1.29 is 9.53 Å². The molecule has 0 aliphatic carbocycles. The van der Waals surface area contributed by atoms with Crippen molar-refractivity contribution in [2.45, 2.75) is 26.5 Å². The zero-order valence-electron chi connectivity index (χ0n) is 15.4. The first-order chi connectivity index (χ1) is 12.7. The SMILES string of the molecule is COCc1cc(CNC(=O)N2CCCN(c3ccncc3C)CC2)[nH]n1. The Morgan fingerprint density at radius 3 is 3.04 bits per heavy atom. The van der Waals surface area contributed by atoms with Crippen LogP contribution >= 0.6 is 0 Å². The molecule has 2 N–H and O–H groups in total. The van der Waals surface area contributed by atoms with Gasteiger partial charge in [0.25, 0.3) is 0 Å². The third-order valence-electron chi connectivity index (χ3n) is 4.52. The summed E-state index contributed by atoms with van der Waals surface area (Å²) in [5, 5.41) is 10.0. The van der Waals surface area contributed by atoms with Crippen LogP contribution in [-0.4, -0.2) is 59.4 Å². The molecule has 0 unspecified atom stereocenters. The van der Waals surface area contributed by atoms with Crippen LogP contribution < -0.4 is 10.2 Å². The topological polar surface area (TPSA) is 86.4 Å². The Bertz CT molecular complexity index is 732. The molecule has 0 bridgehead atoms. The lowest BCUT2D eigenvalue weighted by molar-refractivity contribution is 0.181. The van der Waals surface area contributed by atoms with E-state index in [4.69, 9.17) is 4.74 Å². The van der Waals surface area contributed by atoms with Crippen LogP contribution in [0.25, 0.3) is 0 Å². The first kappa shape index (κ1) is 18.2. The average Bonchev–Trinajstić information content (AvgIpc) is 2.94. The molecular formula is C18H26N6O2. The summed E-state index contributed by atoms with van der Waals surface area (Å²) < 4.78 is 5.04. The van der Waals surface area contributed by atoms with Gasteiger partial charge in [-0.2, -0.15) is 5.10 Å². The highest BCUT2D eigenvalue weighted by Crippen LogP contribution is 2.20. The third kappa shape index (κ3) is 4.51. The normalized spacial score (nSPS) is 15.0. The number of aromatic amines is 1. The Morgan fingerprint density at radius 1 is 1.35 bits per heavy atom. The molecule has 8 nitrogen and oxygen atoms in total. The molecule has 3 rings (SSSR count). The molecule has 0 aromatic carbocycles. The number of rotatable bonds is 5. The first-order valence-corrected chi connectivity index (χ1v) is 8.88. The Labute approximate surface area is 153 Å². The van der Waals surface area contributed by atoms with Gasteiger partial charge in [-0.05, 0) is 31.0 Å². The molecule has 2 aromatic rings. The van der Waals surface area contributed by atoms with Crippen molar-refractivity contribution in [3.05, 3.63) is 41.5 Å². The summed E-state index contributed by atoms with van der Waals surface area (Å²) in [6, 6.07) is 3.90. The zero-order valence-corrected chi connectivity index (χ0v) is 15.4. The fourth-order valence-electron chi connectivity index (χ4n) is 3.19. The number of carbonyl (C=O) groups excluding carboxylic acids is 1. The molecule has 140 valence electrons. The van der Waals surface area contributed by atoms with E-state index in [2.05, 4.69) is 32.3 Å². The molecule has 0 saturated carbocycles. The highest BCUT2D eigenvalue weighted by atomic mass is 16.5.